The van der Waals surface area contributed by atoms with Crippen molar-refractivity contribution in [3.63, 3.8) is 0 Å². The van der Waals surface area contributed by atoms with E-state index in [0.29, 0.717) is 33.1 Å². The standard InChI is InChI=1S/C14H16Cl2N4O/c15-9-7-10(12(17)11(16)8-9)13-18-14(19-21-13)20-5-3-1-2-4-6-20/h7-8H,1-6,17H2. The van der Waals surface area contributed by atoms with Crippen LogP contribution in [0.3, 0.4) is 0 Å². The molecule has 0 unspecified atom stereocenters. The van der Waals surface area contributed by atoms with Gasteiger partial charge in [0.1, 0.15) is 0 Å². The molecule has 1 saturated heterocycles. The first kappa shape index (κ1) is 14.5. The van der Waals surface area contributed by atoms with Gasteiger partial charge in [0.15, 0.2) is 0 Å². The van der Waals surface area contributed by atoms with Crippen molar-refractivity contribution in [3.05, 3.63) is 22.2 Å². The predicted octanol–water partition coefficient (Wildman–Crippen LogP) is 4.01. The number of nitrogens with two attached hydrogens (primary N) is 1. The summed E-state index contributed by atoms with van der Waals surface area (Å²) in [7, 11) is 0. The highest BCUT2D eigenvalue weighted by molar-refractivity contribution is 6.37. The lowest BCUT2D eigenvalue weighted by Crippen LogP contribution is -2.24. The molecular formula is C14H16Cl2N4O. The minimum Gasteiger partial charge on any atom is -0.397 e. The van der Waals surface area contributed by atoms with Gasteiger partial charge in [0, 0.05) is 18.1 Å². The third-order valence-corrected chi connectivity index (χ3v) is 4.16. The van der Waals surface area contributed by atoms with Crippen LogP contribution in [0, 0.1) is 0 Å². The maximum atomic E-state index is 6.04. The second-order valence-electron chi connectivity index (χ2n) is 5.15. The minimum absolute atomic E-state index is 0.344. The highest BCUT2D eigenvalue weighted by atomic mass is 35.5. The smallest absolute Gasteiger partial charge is 0.266 e. The highest BCUT2D eigenvalue weighted by Crippen LogP contribution is 2.34. The van der Waals surface area contributed by atoms with Crippen LogP contribution >= 0.6 is 23.2 Å². The SMILES string of the molecule is Nc1c(Cl)cc(Cl)cc1-c1nc(N2CCCCCC2)no1. The Kier molecular flexibility index (Phi) is 4.22. The maximum Gasteiger partial charge on any atom is 0.266 e. The van der Waals surface area contributed by atoms with Gasteiger partial charge in [-0.1, -0.05) is 36.0 Å². The van der Waals surface area contributed by atoms with Crippen LogP contribution in [0.2, 0.25) is 10.0 Å². The first-order valence-electron chi connectivity index (χ1n) is 6.98. The summed E-state index contributed by atoms with van der Waals surface area (Å²) < 4.78 is 5.34. The Morgan fingerprint density at radius 3 is 2.52 bits per heavy atom. The first-order valence-corrected chi connectivity index (χ1v) is 7.74. The lowest BCUT2D eigenvalue weighted by atomic mass is 10.2. The van der Waals surface area contributed by atoms with Crippen LogP contribution in [-0.2, 0) is 0 Å². The number of benzene rings is 1. The van der Waals surface area contributed by atoms with Gasteiger partial charge in [-0.25, -0.2) is 0 Å². The summed E-state index contributed by atoms with van der Waals surface area (Å²) in [6.45, 7) is 1.90. The fourth-order valence-electron chi connectivity index (χ4n) is 2.49. The number of halogens is 2. The van der Waals surface area contributed by atoms with Gasteiger partial charge >= 0.3 is 0 Å². The molecule has 0 bridgehead atoms. The Morgan fingerprint density at radius 2 is 1.81 bits per heavy atom. The molecule has 1 aromatic carbocycles. The predicted molar refractivity (Wildman–Crippen MR) is 84.8 cm³/mol. The van der Waals surface area contributed by atoms with Gasteiger partial charge in [0.25, 0.3) is 11.8 Å². The Bertz CT molecular complexity index is 636. The fourth-order valence-corrected chi connectivity index (χ4v) is 2.98. The largest absolute Gasteiger partial charge is 0.397 e. The number of rotatable bonds is 2. The molecule has 1 aliphatic rings. The van der Waals surface area contributed by atoms with Gasteiger partial charge in [-0.3, -0.25) is 0 Å². The summed E-state index contributed by atoms with van der Waals surface area (Å²) in [6, 6.07) is 3.27. The molecule has 0 spiro atoms. The van der Waals surface area contributed by atoms with Crippen LogP contribution in [0.1, 0.15) is 25.7 Å². The number of aromatic nitrogens is 2. The van der Waals surface area contributed by atoms with Crippen LogP contribution in [-0.4, -0.2) is 23.2 Å². The van der Waals surface area contributed by atoms with Crippen LogP contribution in [0.5, 0.6) is 0 Å². The molecule has 2 heterocycles. The van der Waals surface area contributed by atoms with Crippen LogP contribution in [0.25, 0.3) is 11.5 Å². The second-order valence-corrected chi connectivity index (χ2v) is 5.99. The molecule has 2 aromatic rings. The van der Waals surface area contributed by atoms with E-state index in [-0.39, 0.29) is 0 Å². The van der Waals surface area contributed by atoms with Gasteiger partial charge in [-0.15, -0.1) is 0 Å². The monoisotopic (exact) mass is 326 g/mol. The summed E-state index contributed by atoms with van der Waals surface area (Å²) in [5.41, 5.74) is 6.93. The number of nitrogen functional groups attached to an aromatic ring is 1. The topological polar surface area (TPSA) is 68.2 Å². The van der Waals surface area contributed by atoms with E-state index >= 15 is 0 Å². The zero-order chi connectivity index (χ0) is 14.8. The van der Waals surface area contributed by atoms with Crippen molar-refractivity contribution in [2.45, 2.75) is 25.7 Å². The molecule has 0 atom stereocenters. The average molecular weight is 327 g/mol. The van der Waals surface area contributed by atoms with Gasteiger partial charge in [0.2, 0.25) is 0 Å². The van der Waals surface area contributed by atoms with E-state index in [1.165, 1.54) is 12.8 Å². The maximum absolute atomic E-state index is 6.04. The zero-order valence-electron chi connectivity index (χ0n) is 11.5. The summed E-state index contributed by atoms with van der Waals surface area (Å²) in [4.78, 5) is 6.58. The van der Waals surface area contributed by atoms with Crippen molar-refractivity contribution in [2.75, 3.05) is 23.7 Å². The fraction of sp³-hybridized carbons (Fsp3) is 0.429. The Hall–Kier alpha value is -1.46. The molecule has 2 N–H and O–H groups in total. The zero-order valence-corrected chi connectivity index (χ0v) is 13.0. The summed E-state index contributed by atoms with van der Waals surface area (Å²) in [5.74, 6) is 0.943. The van der Waals surface area contributed by atoms with E-state index in [2.05, 4.69) is 15.0 Å². The van der Waals surface area contributed by atoms with Crippen molar-refractivity contribution < 1.29 is 4.52 Å². The van der Waals surface area contributed by atoms with E-state index < -0.39 is 0 Å². The molecular weight excluding hydrogens is 311 g/mol. The van der Waals surface area contributed by atoms with Gasteiger partial charge in [-0.05, 0) is 30.1 Å². The number of hydrogen-bond acceptors (Lipinski definition) is 5. The van der Waals surface area contributed by atoms with E-state index in [1.54, 1.807) is 12.1 Å². The molecule has 3 rings (SSSR count). The molecule has 0 aliphatic carbocycles. The Labute approximate surface area is 133 Å². The van der Waals surface area contributed by atoms with Gasteiger partial charge in [0.05, 0.1) is 16.3 Å². The normalized spacial score (nSPS) is 16.0. The molecule has 0 amide bonds. The van der Waals surface area contributed by atoms with Crippen LogP contribution < -0.4 is 10.6 Å². The molecule has 1 fully saturated rings. The summed E-state index contributed by atoms with van der Waals surface area (Å²) >= 11 is 12.0. The van der Waals surface area contributed by atoms with Gasteiger partial charge in [-0.2, -0.15) is 4.98 Å². The molecule has 0 radical (unpaired) electrons. The Morgan fingerprint density at radius 1 is 1.10 bits per heavy atom. The third-order valence-electron chi connectivity index (χ3n) is 3.63. The van der Waals surface area contributed by atoms with Crippen LogP contribution in [0.4, 0.5) is 11.6 Å². The number of anilines is 2. The van der Waals surface area contributed by atoms with E-state index in [9.17, 15) is 0 Å². The number of nitrogens with zero attached hydrogens (tertiary/aromatic N) is 3. The molecule has 0 saturated carbocycles. The van der Waals surface area contributed by atoms with Gasteiger partial charge < -0.3 is 15.2 Å². The molecule has 1 aliphatic heterocycles. The van der Waals surface area contributed by atoms with E-state index in [1.807, 2.05) is 0 Å². The molecule has 21 heavy (non-hydrogen) atoms. The summed E-state index contributed by atoms with van der Waals surface area (Å²) in [6.07, 6.45) is 4.79. The molecule has 7 heteroatoms. The van der Waals surface area contributed by atoms with Crippen molar-refractivity contribution in [3.8, 4) is 11.5 Å². The Balaban J connectivity index is 1.91. The van der Waals surface area contributed by atoms with Crippen LogP contribution in [0.15, 0.2) is 16.7 Å². The lowest BCUT2D eigenvalue weighted by Gasteiger charge is -2.16. The lowest BCUT2D eigenvalue weighted by molar-refractivity contribution is 0.429. The molecule has 112 valence electrons. The minimum atomic E-state index is 0.344. The first-order chi connectivity index (χ1) is 10.1. The quantitative estimate of drug-likeness (QED) is 0.844. The summed E-state index contributed by atoms with van der Waals surface area (Å²) in [5, 5.41) is 4.92. The van der Waals surface area contributed by atoms with Crippen molar-refractivity contribution in [2.24, 2.45) is 0 Å². The van der Waals surface area contributed by atoms with Crippen molar-refractivity contribution >= 4 is 34.8 Å². The molecule has 1 aromatic heterocycles. The van der Waals surface area contributed by atoms with E-state index in [0.717, 1.165) is 25.9 Å². The van der Waals surface area contributed by atoms with Crippen molar-refractivity contribution in [1.29, 1.82) is 0 Å². The highest BCUT2D eigenvalue weighted by Gasteiger charge is 2.19. The average Bonchev–Trinajstić information content (AvgIpc) is 2.78. The van der Waals surface area contributed by atoms with Crippen molar-refractivity contribution in [1.82, 2.24) is 10.1 Å². The number of hydrogen-bond donors (Lipinski definition) is 1. The second kappa shape index (κ2) is 6.12. The third kappa shape index (κ3) is 3.09. The van der Waals surface area contributed by atoms with E-state index in [4.69, 9.17) is 33.5 Å². The molecule has 5 nitrogen and oxygen atoms in total.